The average Bonchev–Trinajstić information content (AvgIpc) is 1.62. The van der Waals surface area contributed by atoms with Crippen LogP contribution < -0.4 is 0 Å². The molecule has 0 aromatic rings. The highest BCUT2D eigenvalue weighted by molar-refractivity contribution is 8.13. The van der Waals surface area contributed by atoms with E-state index in [1.165, 1.54) is 0 Å². The maximum atomic E-state index is 10.1. The van der Waals surface area contributed by atoms with Crippen LogP contribution in [0.15, 0.2) is 0 Å². The molecule has 0 aliphatic heterocycles. The van der Waals surface area contributed by atoms with Crippen molar-refractivity contribution in [3.8, 4) is 0 Å². The summed E-state index contributed by atoms with van der Waals surface area (Å²) in [7, 11) is 1.16. The Balaban J connectivity index is 3.75. The Hall–Kier alpha value is 0.490. The van der Waals surface area contributed by atoms with Crippen molar-refractivity contribution in [1.82, 2.24) is 0 Å². The quantitative estimate of drug-likeness (QED) is 0.512. The van der Waals surface area contributed by atoms with Crippen molar-refractivity contribution < 1.29 is 13.5 Å². The molecule has 1 atom stereocenters. The third kappa shape index (κ3) is 6.37. The summed E-state index contributed by atoms with van der Waals surface area (Å²) in [5.74, 6) is -0.607. The van der Waals surface area contributed by atoms with Crippen molar-refractivity contribution in [2.45, 2.75) is 6.10 Å². The predicted octanol–water partition coefficient (Wildman–Crippen LogP) is 0.155. The minimum absolute atomic E-state index is 0.119. The van der Waals surface area contributed by atoms with Crippen LogP contribution in [-0.4, -0.2) is 31.3 Å². The van der Waals surface area contributed by atoms with E-state index in [1.807, 2.05) is 0 Å². The second-order valence-corrected chi connectivity index (χ2v) is 4.64. The van der Waals surface area contributed by atoms with Gasteiger partial charge < -0.3 is 5.11 Å². The number of aliphatic hydroxyl groups is 1. The van der Waals surface area contributed by atoms with Crippen molar-refractivity contribution in [1.29, 1.82) is 0 Å². The first-order chi connectivity index (χ1) is 3.95. The number of hydrogen-bond acceptors (Lipinski definition) is 3. The second kappa shape index (κ2) is 3.61. The second-order valence-electron chi connectivity index (χ2n) is 1.51. The van der Waals surface area contributed by atoms with Gasteiger partial charge >= 0.3 is 0 Å². The molecular formula is C3H6Cl2O3S. The highest BCUT2D eigenvalue weighted by Crippen LogP contribution is 2.00. The fourth-order valence-corrected chi connectivity index (χ4v) is 1.53. The third-order valence-electron chi connectivity index (χ3n) is 0.570. The van der Waals surface area contributed by atoms with E-state index in [2.05, 4.69) is 0 Å². The number of halogens is 2. The molecule has 9 heavy (non-hydrogen) atoms. The Morgan fingerprint density at radius 3 is 2.11 bits per heavy atom. The highest BCUT2D eigenvalue weighted by Gasteiger charge is 2.12. The number of aliphatic hydroxyl groups excluding tert-OH is 1. The van der Waals surface area contributed by atoms with Crippen molar-refractivity contribution >= 4 is 31.3 Å². The van der Waals surface area contributed by atoms with Gasteiger partial charge in [0.15, 0.2) is 0 Å². The first-order valence-corrected chi connectivity index (χ1v) is 5.13. The Bertz CT molecular complexity index is 164. The summed E-state index contributed by atoms with van der Waals surface area (Å²) in [5, 5.41) is 8.60. The maximum absolute atomic E-state index is 10.1. The van der Waals surface area contributed by atoms with E-state index < -0.39 is 20.9 Å². The largest absolute Gasteiger partial charge is 0.391 e. The molecule has 0 bridgehead atoms. The van der Waals surface area contributed by atoms with Gasteiger partial charge in [0.2, 0.25) is 9.05 Å². The number of alkyl halides is 1. The predicted molar refractivity (Wildman–Crippen MR) is 36.4 cm³/mol. The molecule has 56 valence electrons. The minimum atomic E-state index is -3.60. The normalized spacial score (nSPS) is 15.4. The molecule has 0 aliphatic carbocycles. The Morgan fingerprint density at radius 1 is 1.56 bits per heavy atom. The molecule has 0 amide bonds. The van der Waals surface area contributed by atoms with Crippen LogP contribution in [0.25, 0.3) is 0 Å². The van der Waals surface area contributed by atoms with Crippen LogP contribution in [0.1, 0.15) is 0 Å². The lowest BCUT2D eigenvalue weighted by atomic mass is 10.5. The molecule has 0 saturated carbocycles. The Kier molecular flexibility index (Phi) is 3.80. The van der Waals surface area contributed by atoms with E-state index in [-0.39, 0.29) is 5.88 Å². The van der Waals surface area contributed by atoms with Crippen molar-refractivity contribution in [2.24, 2.45) is 0 Å². The van der Waals surface area contributed by atoms with Gasteiger partial charge in [-0.2, -0.15) is 0 Å². The monoisotopic (exact) mass is 192 g/mol. The average molecular weight is 193 g/mol. The van der Waals surface area contributed by atoms with Crippen LogP contribution in [0.4, 0.5) is 0 Å². The first-order valence-electron chi connectivity index (χ1n) is 2.12. The summed E-state index contributed by atoms with van der Waals surface area (Å²) in [5.41, 5.74) is 0. The van der Waals surface area contributed by atoms with Gasteiger partial charge in [0.1, 0.15) is 0 Å². The zero-order valence-electron chi connectivity index (χ0n) is 4.42. The molecule has 0 heterocycles. The fraction of sp³-hybridized carbons (Fsp3) is 1.00. The molecule has 3 nitrogen and oxygen atoms in total. The lowest BCUT2D eigenvalue weighted by molar-refractivity contribution is 0.222. The van der Waals surface area contributed by atoms with Crippen molar-refractivity contribution in [3.05, 3.63) is 0 Å². The fourth-order valence-electron chi connectivity index (χ4n) is 0.274. The molecule has 0 fully saturated rings. The molecule has 0 spiro atoms. The van der Waals surface area contributed by atoms with Crippen LogP contribution >= 0.6 is 22.3 Å². The summed E-state index contributed by atoms with van der Waals surface area (Å²) < 4.78 is 20.3. The molecule has 0 saturated heterocycles. The van der Waals surface area contributed by atoms with Gasteiger partial charge in [0, 0.05) is 16.6 Å². The molecule has 6 heteroatoms. The Labute approximate surface area is 63.0 Å². The molecule has 0 rings (SSSR count). The van der Waals surface area contributed by atoms with E-state index in [9.17, 15) is 8.42 Å². The van der Waals surface area contributed by atoms with Gasteiger partial charge in [-0.05, 0) is 0 Å². The number of hydrogen-bond donors (Lipinski definition) is 1. The maximum Gasteiger partial charge on any atom is 0.235 e. The third-order valence-corrected chi connectivity index (χ3v) is 2.09. The van der Waals surface area contributed by atoms with Crippen LogP contribution in [0.3, 0.4) is 0 Å². The summed E-state index contributed by atoms with van der Waals surface area (Å²) in [4.78, 5) is 0. The molecule has 0 aromatic heterocycles. The highest BCUT2D eigenvalue weighted by atomic mass is 35.7. The molecule has 0 aliphatic rings. The van der Waals surface area contributed by atoms with Gasteiger partial charge in [0.25, 0.3) is 0 Å². The molecule has 0 radical (unpaired) electrons. The Morgan fingerprint density at radius 2 is 2.00 bits per heavy atom. The van der Waals surface area contributed by atoms with Crippen LogP contribution in [0.2, 0.25) is 0 Å². The minimum Gasteiger partial charge on any atom is -0.391 e. The lowest BCUT2D eigenvalue weighted by Crippen LogP contribution is -2.18. The molecule has 0 aromatic carbocycles. The number of rotatable bonds is 3. The smallest absolute Gasteiger partial charge is 0.235 e. The van der Waals surface area contributed by atoms with E-state index in [0.717, 1.165) is 0 Å². The first kappa shape index (κ1) is 9.49. The van der Waals surface area contributed by atoms with E-state index in [4.69, 9.17) is 27.4 Å². The summed E-state index contributed by atoms with van der Waals surface area (Å²) >= 11 is 5.08. The summed E-state index contributed by atoms with van der Waals surface area (Å²) in [6.45, 7) is 0. The van der Waals surface area contributed by atoms with Crippen molar-refractivity contribution in [3.63, 3.8) is 0 Å². The molecular weight excluding hydrogens is 187 g/mol. The lowest BCUT2D eigenvalue weighted by Gasteiger charge is -2.00. The molecule has 1 N–H and O–H groups in total. The van der Waals surface area contributed by atoms with Gasteiger partial charge in [-0.25, -0.2) is 8.42 Å². The summed E-state index contributed by atoms with van der Waals surface area (Å²) in [6.07, 6.45) is -1.06. The molecule has 1 unspecified atom stereocenters. The SMILES string of the molecule is O=S(=O)(Cl)CC(O)CCl. The summed E-state index contributed by atoms with van der Waals surface area (Å²) in [6, 6.07) is 0. The van der Waals surface area contributed by atoms with E-state index >= 15 is 0 Å². The topological polar surface area (TPSA) is 54.4 Å². The van der Waals surface area contributed by atoms with Gasteiger partial charge in [-0.1, -0.05) is 0 Å². The van der Waals surface area contributed by atoms with Gasteiger partial charge in [-0.15, -0.1) is 11.6 Å². The zero-order chi connectivity index (χ0) is 7.49. The van der Waals surface area contributed by atoms with Gasteiger partial charge in [0.05, 0.1) is 11.9 Å². The van der Waals surface area contributed by atoms with Crippen LogP contribution in [-0.2, 0) is 9.05 Å². The van der Waals surface area contributed by atoms with E-state index in [0.29, 0.717) is 0 Å². The van der Waals surface area contributed by atoms with Gasteiger partial charge in [-0.3, -0.25) is 0 Å². The van der Waals surface area contributed by atoms with E-state index in [1.54, 1.807) is 0 Å². The standard InChI is InChI=1S/C3H6Cl2O3S/c4-1-3(6)2-9(5,7)8/h3,6H,1-2H2. The van der Waals surface area contributed by atoms with Crippen LogP contribution in [0.5, 0.6) is 0 Å². The zero-order valence-corrected chi connectivity index (χ0v) is 6.75. The van der Waals surface area contributed by atoms with Crippen LogP contribution in [0, 0.1) is 0 Å². The van der Waals surface area contributed by atoms with Crippen molar-refractivity contribution in [2.75, 3.05) is 11.6 Å².